The molecule has 2 N–H and O–H groups in total. The minimum Gasteiger partial charge on any atom is -0.395 e. The van der Waals surface area contributed by atoms with Crippen LogP contribution in [0.4, 0.5) is 8.78 Å². The summed E-state index contributed by atoms with van der Waals surface area (Å²) in [5, 5.41) is 12.2. The standard InChI is InChI=1S/C13H19F2NO/c1-9(2)5-12(8-17)16-7-10-3-4-11(14)6-13(10)15/h3-4,6,9,12,16-17H,5,7-8H2,1-2H3. The van der Waals surface area contributed by atoms with Gasteiger partial charge in [-0.25, -0.2) is 8.78 Å². The minimum absolute atomic E-state index is 0.0149. The van der Waals surface area contributed by atoms with Gasteiger partial charge in [-0.1, -0.05) is 19.9 Å². The van der Waals surface area contributed by atoms with Crippen molar-refractivity contribution in [3.8, 4) is 0 Å². The molecule has 0 heterocycles. The van der Waals surface area contributed by atoms with Crippen LogP contribution in [0.5, 0.6) is 0 Å². The average molecular weight is 243 g/mol. The lowest BCUT2D eigenvalue weighted by Crippen LogP contribution is -2.33. The van der Waals surface area contributed by atoms with Crippen LogP contribution in [0.3, 0.4) is 0 Å². The third kappa shape index (κ3) is 4.79. The summed E-state index contributed by atoms with van der Waals surface area (Å²) < 4.78 is 26.0. The van der Waals surface area contributed by atoms with Gasteiger partial charge in [-0.05, 0) is 18.4 Å². The fraction of sp³-hybridized carbons (Fsp3) is 0.538. The maximum absolute atomic E-state index is 13.3. The van der Waals surface area contributed by atoms with E-state index in [2.05, 4.69) is 19.2 Å². The van der Waals surface area contributed by atoms with Crippen LogP contribution >= 0.6 is 0 Å². The van der Waals surface area contributed by atoms with Gasteiger partial charge in [-0.3, -0.25) is 0 Å². The molecular formula is C13H19F2NO. The van der Waals surface area contributed by atoms with Gasteiger partial charge in [0, 0.05) is 24.2 Å². The monoisotopic (exact) mass is 243 g/mol. The van der Waals surface area contributed by atoms with Crippen LogP contribution in [-0.4, -0.2) is 17.8 Å². The Balaban J connectivity index is 2.53. The van der Waals surface area contributed by atoms with Crippen molar-refractivity contribution < 1.29 is 13.9 Å². The van der Waals surface area contributed by atoms with Gasteiger partial charge in [-0.2, -0.15) is 0 Å². The Labute approximate surface area is 101 Å². The Bertz CT molecular complexity index is 355. The first-order chi connectivity index (χ1) is 8.02. The summed E-state index contributed by atoms with van der Waals surface area (Å²) in [4.78, 5) is 0. The topological polar surface area (TPSA) is 32.3 Å². The van der Waals surface area contributed by atoms with Gasteiger partial charge in [-0.15, -0.1) is 0 Å². The summed E-state index contributed by atoms with van der Waals surface area (Å²) >= 11 is 0. The Kier molecular flexibility index (Phi) is 5.51. The zero-order chi connectivity index (χ0) is 12.8. The summed E-state index contributed by atoms with van der Waals surface area (Å²) in [6.07, 6.45) is 0.819. The van der Waals surface area contributed by atoms with Crippen LogP contribution in [0.1, 0.15) is 25.8 Å². The quantitative estimate of drug-likeness (QED) is 0.804. The molecule has 1 aromatic rings. The van der Waals surface area contributed by atoms with Crippen LogP contribution in [0.15, 0.2) is 18.2 Å². The molecule has 2 nitrogen and oxygen atoms in total. The van der Waals surface area contributed by atoms with Crippen LogP contribution < -0.4 is 5.32 Å². The van der Waals surface area contributed by atoms with E-state index < -0.39 is 11.6 Å². The van der Waals surface area contributed by atoms with E-state index in [1.807, 2.05) is 0 Å². The molecule has 1 rings (SSSR count). The fourth-order valence-corrected chi connectivity index (χ4v) is 1.71. The maximum atomic E-state index is 13.3. The molecule has 0 saturated heterocycles. The van der Waals surface area contributed by atoms with Gasteiger partial charge < -0.3 is 10.4 Å². The number of rotatable bonds is 6. The van der Waals surface area contributed by atoms with Gasteiger partial charge in [0.15, 0.2) is 0 Å². The molecule has 0 amide bonds. The molecule has 0 spiro atoms. The number of nitrogens with one attached hydrogen (secondary N) is 1. The molecule has 0 aliphatic heterocycles. The van der Waals surface area contributed by atoms with E-state index in [1.54, 1.807) is 0 Å². The van der Waals surface area contributed by atoms with E-state index in [1.165, 1.54) is 12.1 Å². The van der Waals surface area contributed by atoms with E-state index in [4.69, 9.17) is 5.11 Å². The van der Waals surface area contributed by atoms with Crippen molar-refractivity contribution in [1.29, 1.82) is 0 Å². The largest absolute Gasteiger partial charge is 0.395 e. The number of aliphatic hydroxyl groups is 1. The van der Waals surface area contributed by atoms with E-state index in [-0.39, 0.29) is 12.6 Å². The van der Waals surface area contributed by atoms with Crippen LogP contribution in [0.25, 0.3) is 0 Å². The molecular weight excluding hydrogens is 224 g/mol. The van der Waals surface area contributed by atoms with E-state index in [0.29, 0.717) is 18.0 Å². The Morgan fingerprint density at radius 1 is 1.29 bits per heavy atom. The third-order valence-corrected chi connectivity index (χ3v) is 2.57. The fourth-order valence-electron chi connectivity index (χ4n) is 1.71. The molecule has 1 aromatic carbocycles. The summed E-state index contributed by atoms with van der Waals surface area (Å²) in [5.74, 6) is -0.677. The molecule has 0 aliphatic carbocycles. The van der Waals surface area contributed by atoms with Crippen molar-refractivity contribution in [2.75, 3.05) is 6.61 Å². The predicted octanol–water partition coefficient (Wildman–Crippen LogP) is 2.46. The van der Waals surface area contributed by atoms with Crippen molar-refractivity contribution in [3.05, 3.63) is 35.4 Å². The molecule has 0 radical (unpaired) electrons. The molecule has 0 aliphatic rings. The second-order valence-corrected chi connectivity index (χ2v) is 4.63. The zero-order valence-electron chi connectivity index (χ0n) is 10.2. The van der Waals surface area contributed by atoms with Crippen molar-refractivity contribution >= 4 is 0 Å². The molecule has 1 unspecified atom stereocenters. The number of benzene rings is 1. The maximum Gasteiger partial charge on any atom is 0.130 e. The number of hydrogen-bond donors (Lipinski definition) is 2. The Morgan fingerprint density at radius 2 is 2.00 bits per heavy atom. The lowest BCUT2D eigenvalue weighted by molar-refractivity contribution is 0.223. The molecule has 17 heavy (non-hydrogen) atoms. The molecule has 0 saturated carbocycles. The molecule has 1 atom stereocenters. The Morgan fingerprint density at radius 3 is 2.53 bits per heavy atom. The lowest BCUT2D eigenvalue weighted by atomic mass is 10.0. The summed E-state index contributed by atoms with van der Waals surface area (Å²) in [7, 11) is 0. The molecule has 4 heteroatoms. The summed E-state index contributed by atoms with van der Waals surface area (Å²) in [5.41, 5.74) is 0.411. The third-order valence-electron chi connectivity index (χ3n) is 2.57. The van der Waals surface area contributed by atoms with Gasteiger partial charge >= 0.3 is 0 Å². The number of aliphatic hydroxyl groups excluding tert-OH is 1. The molecule has 96 valence electrons. The molecule has 0 aromatic heterocycles. The first-order valence-electron chi connectivity index (χ1n) is 5.81. The minimum atomic E-state index is -0.577. The SMILES string of the molecule is CC(C)CC(CO)NCc1ccc(F)cc1F. The van der Waals surface area contributed by atoms with Crippen molar-refractivity contribution in [1.82, 2.24) is 5.32 Å². The van der Waals surface area contributed by atoms with Crippen molar-refractivity contribution in [2.24, 2.45) is 5.92 Å². The Hall–Kier alpha value is -1.00. The number of halogens is 2. The summed E-state index contributed by atoms with van der Waals surface area (Å²) in [6, 6.07) is 3.46. The first kappa shape index (κ1) is 14.1. The highest BCUT2D eigenvalue weighted by Gasteiger charge is 2.10. The van der Waals surface area contributed by atoms with Gasteiger partial charge in [0.25, 0.3) is 0 Å². The molecule has 0 bridgehead atoms. The normalized spacial score (nSPS) is 13.1. The average Bonchev–Trinajstić information content (AvgIpc) is 2.25. The highest BCUT2D eigenvalue weighted by atomic mass is 19.1. The van der Waals surface area contributed by atoms with Gasteiger partial charge in [0.2, 0.25) is 0 Å². The van der Waals surface area contributed by atoms with E-state index in [0.717, 1.165) is 12.5 Å². The van der Waals surface area contributed by atoms with Gasteiger partial charge in [0.1, 0.15) is 11.6 Å². The van der Waals surface area contributed by atoms with Crippen LogP contribution in [0, 0.1) is 17.6 Å². The van der Waals surface area contributed by atoms with Crippen molar-refractivity contribution in [3.63, 3.8) is 0 Å². The summed E-state index contributed by atoms with van der Waals surface area (Å²) in [6.45, 7) is 4.43. The highest BCUT2D eigenvalue weighted by Crippen LogP contribution is 2.10. The molecule has 0 fully saturated rings. The van der Waals surface area contributed by atoms with E-state index in [9.17, 15) is 8.78 Å². The lowest BCUT2D eigenvalue weighted by Gasteiger charge is -2.18. The predicted molar refractivity (Wildman–Crippen MR) is 63.5 cm³/mol. The number of hydrogen-bond acceptors (Lipinski definition) is 2. The van der Waals surface area contributed by atoms with Crippen molar-refractivity contribution in [2.45, 2.75) is 32.9 Å². The first-order valence-corrected chi connectivity index (χ1v) is 5.81. The van der Waals surface area contributed by atoms with E-state index >= 15 is 0 Å². The van der Waals surface area contributed by atoms with Crippen LogP contribution in [0.2, 0.25) is 0 Å². The van der Waals surface area contributed by atoms with Crippen LogP contribution in [-0.2, 0) is 6.54 Å². The highest BCUT2D eigenvalue weighted by molar-refractivity contribution is 5.18. The smallest absolute Gasteiger partial charge is 0.130 e. The van der Waals surface area contributed by atoms with Gasteiger partial charge in [0.05, 0.1) is 6.61 Å². The zero-order valence-corrected chi connectivity index (χ0v) is 10.2. The second kappa shape index (κ2) is 6.67. The second-order valence-electron chi connectivity index (χ2n) is 4.63.